The van der Waals surface area contributed by atoms with Crippen molar-refractivity contribution >= 4 is 33.6 Å². The monoisotopic (exact) mass is 449 g/mol. The number of nitro groups is 1. The average Bonchev–Trinajstić information content (AvgIpc) is 2.68. The molecule has 0 unspecified atom stereocenters. The molecule has 8 heteroatoms. The quantitative estimate of drug-likeness (QED) is 0.262. The summed E-state index contributed by atoms with van der Waals surface area (Å²) in [6.07, 6.45) is -0.0239. The van der Waals surface area contributed by atoms with Crippen molar-refractivity contribution in [3.05, 3.63) is 74.2 Å². The van der Waals surface area contributed by atoms with E-state index in [9.17, 15) is 19.7 Å². The van der Waals surface area contributed by atoms with Crippen LogP contribution in [-0.2, 0) is 30.9 Å². The maximum atomic E-state index is 13.0. The molecule has 0 saturated heterocycles. The SMILES string of the molecule is CCOC(=O)C(Cc1ccccc1Br)(C(=O)OCC)c1ccc([N+](=O)[O-])cc1. The molecular formula is C20H20BrNO6. The molecule has 0 atom stereocenters. The predicted molar refractivity (Wildman–Crippen MR) is 106 cm³/mol. The lowest BCUT2D eigenvalue weighted by Gasteiger charge is -2.30. The molecule has 0 aliphatic rings. The summed E-state index contributed by atoms with van der Waals surface area (Å²) in [4.78, 5) is 36.5. The molecule has 0 radical (unpaired) electrons. The number of rotatable bonds is 8. The summed E-state index contributed by atoms with van der Waals surface area (Å²) in [7, 11) is 0. The van der Waals surface area contributed by atoms with Crippen LogP contribution < -0.4 is 0 Å². The van der Waals surface area contributed by atoms with Crippen molar-refractivity contribution in [1.82, 2.24) is 0 Å². The molecule has 28 heavy (non-hydrogen) atoms. The highest BCUT2D eigenvalue weighted by molar-refractivity contribution is 9.10. The van der Waals surface area contributed by atoms with Gasteiger partial charge in [0.15, 0.2) is 5.41 Å². The number of halogens is 1. The highest BCUT2D eigenvalue weighted by Gasteiger charge is 2.51. The van der Waals surface area contributed by atoms with Gasteiger partial charge in [-0.2, -0.15) is 0 Å². The van der Waals surface area contributed by atoms with E-state index < -0.39 is 22.3 Å². The maximum Gasteiger partial charge on any atom is 0.328 e. The Balaban J connectivity index is 2.68. The zero-order valence-electron chi connectivity index (χ0n) is 15.5. The van der Waals surface area contributed by atoms with Crippen LogP contribution in [0.25, 0.3) is 0 Å². The molecule has 2 aromatic rings. The molecule has 2 rings (SSSR count). The van der Waals surface area contributed by atoms with E-state index >= 15 is 0 Å². The van der Waals surface area contributed by atoms with Crippen molar-refractivity contribution in [2.24, 2.45) is 0 Å². The molecular weight excluding hydrogens is 430 g/mol. The summed E-state index contributed by atoms with van der Waals surface area (Å²) in [5.41, 5.74) is -0.968. The first kappa shape index (κ1) is 21.6. The molecule has 0 spiro atoms. The fourth-order valence-corrected chi connectivity index (χ4v) is 3.29. The van der Waals surface area contributed by atoms with E-state index in [-0.39, 0.29) is 30.9 Å². The molecule has 0 saturated carbocycles. The van der Waals surface area contributed by atoms with Crippen molar-refractivity contribution in [2.45, 2.75) is 25.7 Å². The fourth-order valence-electron chi connectivity index (χ4n) is 2.87. The topological polar surface area (TPSA) is 95.7 Å². The van der Waals surface area contributed by atoms with Crippen molar-refractivity contribution in [3.8, 4) is 0 Å². The van der Waals surface area contributed by atoms with Crippen LogP contribution in [0.2, 0.25) is 0 Å². The van der Waals surface area contributed by atoms with Crippen molar-refractivity contribution in [2.75, 3.05) is 13.2 Å². The molecule has 148 valence electrons. The number of nitrogens with zero attached hydrogens (tertiary/aromatic N) is 1. The number of non-ortho nitro benzene ring substituents is 1. The third-order valence-electron chi connectivity index (χ3n) is 4.23. The fraction of sp³-hybridized carbons (Fsp3) is 0.300. The summed E-state index contributed by atoms with van der Waals surface area (Å²) in [5, 5.41) is 11.0. The second-order valence-electron chi connectivity index (χ2n) is 5.92. The molecule has 0 bridgehead atoms. The van der Waals surface area contributed by atoms with E-state index in [2.05, 4.69) is 15.9 Å². The predicted octanol–water partition coefficient (Wildman–Crippen LogP) is 3.96. The molecule has 0 amide bonds. The average molecular weight is 450 g/mol. The van der Waals surface area contributed by atoms with E-state index in [0.29, 0.717) is 5.56 Å². The molecule has 0 heterocycles. The van der Waals surface area contributed by atoms with Crippen LogP contribution in [-0.4, -0.2) is 30.1 Å². The van der Waals surface area contributed by atoms with Gasteiger partial charge in [-0.15, -0.1) is 0 Å². The molecule has 0 aliphatic heterocycles. The van der Waals surface area contributed by atoms with Crippen LogP contribution in [0.5, 0.6) is 0 Å². The van der Waals surface area contributed by atoms with E-state index in [1.807, 2.05) is 6.07 Å². The van der Waals surface area contributed by atoms with Gasteiger partial charge in [0.1, 0.15) is 0 Å². The summed E-state index contributed by atoms with van der Waals surface area (Å²) in [6.45, 7) is 3.43. The lowest BCUT2D eigenvalue weighted by Crippen LogP contribution is -2.48. The lowest BCUT2D eigenvalue weighted by atomic mass is 9.75. The Hall–Kier alpha value is -2.74. The smallest absolute Gasteiger partial charge is 0.328 e. The van der Waals surface area contributed by atoms with Gasteiger partial charge in [-0.1, -0.05) is 46.3 Å². The van der Waals surface area contributed by atoms with E-state index in [4.69, 9.17) is 9.47 Å². The third-order valence-corrected chi connectivity index (χ3v) is 5.01. The number of nitro benzene ring substituents is 1. The van der Waals surface area contributed by atoms with Crippen LogP contribution in [0.1, 0.15) is 25.0 Å². The van der Waals surface area contributed by atoms with Gasteiger partial charge >= 0.3 is 11.9 Å². The minimum Gasteiger partial charge on any atom is -0.465 e. The maximum absolute atomic E-state index is 13.0. The normalized spacial score (nSPS) is 11.0. The number of esters is 2. The minimum absolute atomic E-state index is 0.0239. The van der Waals surface area contributed by atoms with Gasteiger partial charge in [-0.05, 0) is 31.0 Å². The Bertz CT molecular complexity index is 847. The van der Waals surface area contributed by atoms with Gasteiger partial charge in [0.05, 0.1) is 18.1 Å². The standard InChI is InChI=1S/C20H20BrNO6/c1-3-27-18(23)20(19(24)28-4-2,13-14-7-5-6-8-17(14)21)15-9-11-16(12-10-15)22(25)26/h5-12H,3-4,13H2,1-2H3. The second-order valence-corrected chi connectivity index (χ2v) is 6.77. The number of hydrogen-bond acceptors (Lipinski definition) is 6. The number of hydrogen-bond donors (Lipinski definition) is 0. The molecule has 2 aromatic carbocycles. The van der Waals surface area contributed by atoms with Crippen LogP contribution in [0.3, 0.4) is 0 Å². The molecule has 0 N–H and O–H groups in total. The first-order valence-electron chi connectivity index (χ1n) is 8.69. The number of benzene rings is 2. The summed E-state index contributed by atoms with van der Waals surface area (Å²) in [6, 6.07) is 12.5. The van der Waals surface area contributed by atoms with Gasteiger partial charge in [-0.3, -0.25) is 19.7 Å². The minimum atomic E-state index is -1.79. The molecule has 7 nitrogen and oxygen atoms in total. The van der Waals surface area contributed by atoms with Gasteiger partial charge in [0.2, 0.25) is 0 Å². The van der Waals surface area contributed by atoms with Crippen LogP contribution >= 0.6 is 15.9 Å². The lowest BCUT2D eigenvalue weighted by molar-refractivity contribution is -0.384. The first-order valence-corrected chi connectivity index (χ1v) is 9.48. The van der Waals surface area contributed by atoms with Gasteiger partial charge in [0.25, 0.3) is 5.69 Å². The number of carbonyl (C=O) groups is 2. The zero-order valence-corrected chi connectivity index (χ0v) is 17.1. The summed E-state index contributed by atoms with van der Waals surface area (Å²) < 4.78 is 11.2. The van der Waals surface area contributed by atoms with Crippen LogP contribution in [0.4, 0.5) is 5.69 Å². The summed E-state index contributed by atoms with van der Waals surface area (Å²) >= 11 is 3.43. The van der Waals surface area contributed by atoms with E-state index in [0.717, 1.165) is 4.47 Å². The van der Waals surface area contributed by atoms with Crippen LogP contribution in [0.15, 0.2) is 53.0 Å². The van der Waals surface area contributed by atoms with Crippen molar-refractivity contribution in [1.29, 1.82) is 0 Å². The van der Waals surface area contributed by atoms with Crippen LogP contribution in [0, 0.1) is 10.1 Å². The largest absolute Gasteiger partial charge is 0.465 e. The highest BCUT2D eigenvalue weighted by Crippen LogP contribution is 2.35. The Kier molecular flexibility index (Phi) is 7.28. The van der Waals surface area contributed by atoms with Gasteiger partial charge in [-0.25, -0.2) is 0 Å². The van der Waals surface area contributed by atoms with Gasteiger partial charge in [0, 0.05) is 23.0 Å². The second kappa shape index (κ2) is 9.45. The molecule has 0 aromatic heterocycles. The molecule has 0 aliphatic carbocycles. The number of ether oxygens (including phenoxy) is 2. The number of carbonyl (C=O) groups excluding carboxylic acids is 2. The Morgan fingerprint density at radius 1 is 1.00 bits per heavy atom. The Morgan fingerprint density at radius 2 is 1.54 bits per heavy atom. The van der Waals surface area contributed by atoms with Crippen molar-refractivity contribution in [3.63, 3.8) is 0 Å². The van der Waals surface area contributed by atoms with Crippen molar-refractivity contribution < 1.29 is 24.0 Å². The highest BCUT2D eigenvalue weighted by atomic mass is 79.9. The zero-order chi connectivity index (χ0) is 20.7. The molecule has 0 fully saturated rings. The van der Waals surface area contributed by atoms with E-state index in [1.165, 1.54) is 24.3 Å². The summed E-state index contributed by atoms with van der Waals surface area (Å²) in [5.74, 6) is -1.53. The third kappa shape index (κ3) is 4.39. The Labute approximate surface area is 170 Å². The first-order chi connectivity index (χ1) is 13.4. The van der Waals surface area contributed by atoms with Gasteiger partial charge < -0.3 is 9.47 Å². The Morgan fingerprint density at radius 3 is 2.00 bits per heavy atom. The van der Waals surface area contributed by atoms with E-state index in [1.54, 1.807) is 32.0 Å².